The van der Waals surface area contributed by atoms with Crippen molar-refractivity contribution in [3.05, 3.63) is 27.7 Å². The number of anilines is 1. The Morgan fingerprint density at radius 2 is 2.05 bits per heavy atom. The van der Waals surface area contributed by atoms with Crippen LogP contribution in [0.3, 0.4) is 0 Å². The third-order valence-corrected chi connectivity index (χ3v) is 4.75. The minimum absolute atomic E-state index is 0.141. The predicted molar refractivity (Wildman–Crippen MR) is 81.3 cm³/mol. The van der Waals surface area contributed by atoms with Crippen molar-refractivity contribution < 1.29 is 4.79 Å². The summed E-state index contributed by atoms with van der Waals surface area (Å²) < 4.78 is 0. The molecule has 1 aliphatic heterocycles. The molecule has 0 aromatic heterocycles. The molecule has 108 valence electrons. The molecule has 2 fully saturated rings. The van der Waals surface area contributed by atoms with Crippen LogP contribution in [0.25, 0.3) is 0 Å². The first-order valence-electron chi connectivity index (χ1n) is 6.84. The quantitative estimate of drug-likeness (QED) is 0.843. The minimum atomic E-state index is -0.141. The Balaban J connectivity index is 1.64. The van der Waals surface area contributed by atoms with Crippen LogP contribution in [0.15, 0.2) is 12.1 Å². The molecule has 1 heterocycles. The number of nitrogens with one attached hydrogen (secondary N) is 1. The summed E-state index contributed by atoms with van der Waals surface area (Å²) in [5, 5.41) is 3.65. The summed E-state index contributed by atoms with van der Waals surface area (Å²) in [5.41, 5.74) is 6.52. The number of carbonyl (C=O) groups is 1. The van der Waals surface area contributed by atoms with Gasteiger partial charge in [-0.05, 0) is 31.4 Å². The van der Waals surface area contributed by atoms with E-state index in [1.165, 1.54) is 12.8 Å². The lowest BCUT2D eigenvalue weighted by Crippen LogP contribution is -2.37. The third kappa shape index (κ3) is 2.87. The van der Waals surface area contributed by atoms with Gasteiger partial charge >= 0.3 is 0 Å². The van der Waals surface area contributed by atoms with E-state index in [1.54, 1.807) is 12.1 Å². The van der Waals surface area contributed by atoms with E-state index in [0.29, 0.717) is 21.3 Å². The molecule has 3 N–H and O–H groups in total. The van der Waals surface area contributed by atoms with Crippen molar-refractivity contribution in [3.63, 3.8) is 0 Å². The van der Waals surface area contributed by atoms with Crippen molar-refractivity contribution in [3.8, 4) is 0 Å². The molecule has 2 aliphatic rings. The van der Waals surface area contributed by atoms with Gasteiger partial charge in [-0.25, -0.2) is 0 Å². The fourth-order valence-electron chi connectivity index (χ4n) is 2.69. The third-order valence-electron chi connectivity index (χ3n) is 3.94. The van der Waals surface area contributed by atoms with Crippen LogP contribution in [0.1, 0.15) is 29.6 Å². The molecule has 20 heavy (non-hydrogen) atoms. The van der Waals surface area contributed by atoms with Gasteiger partial charge in [0.25, 0.3) is 5.91 Å². The average molecular weight is 314 g/mol. The Labute approximate surface area is 128 Å². The molecule has 1 unspecified atom stereocenters. The molecule has 0 bridgehead atoms. The van der Waals surface area contributed by atoms with Crippen LogP contribution < -0.4 is 11.1 Å². The maximum atomic E-state index is 12.2. The van der Waals surface area contributed by atoms with Crippen LogP contribution >= 0.6 is 23.2 Å². The van der Waals surface area contributed by atoms with E-state index >= 15 is 0 Å². The summed E-state index contributed by atoms with van der Waals surface area (Å²) in [4.78, 5) is 14.7. The molecule has 6 heteroatoms. The number of hydrogen-bond donors (Lipinski definition) is 2. The van der Waals surface area contributed by atoms with Gasteiger partial charge < -0.3 is 11.1 Å². The molecule has 1 aromatic rings. The molecule has 1 aromatic carbocycles. The first-order chi connectivity index (χ1) is 9.54. The van der Waals surface area contributed by atoms with Crippen molar-refractivity contribution in [2.45, 2.75) is 31.3 Å². The molecular formula is C14H17Cl2N3O. The Morgan fingerprint density at radius 3 is 2.70 bits per heavy atom. The van der Waals surface area contributed by atoms with Crippen LogP contribution in [0.2, 0.25) is 10.0 Å². The predicted octanol–water partition coefficient (Wildman–Crippen LogP) is 2.54. The Kier molecular flexibility index (Phi) is 3.80. The van der Waals surface area contributed by atoms with Gasteiger partial charge in [0.05, 0.1) is 15.7 Å². The van der Waals surface area contributed by atoms with Crippen molar-refractivity contribution >= 4 is 34.8 Å². The minimum Gasteiger partial charge on any atom is -0.397 e. The maximum absolute atomic E-state index is 12.2. The second kappa shape index (κ2) is 5.43. The monoisotopic (exact) mass is 313 g/mol. The van der Waals surface area contributed by atoms with Gasteiger partial charge in [0.15, 0.2) is 0 Å². The fourth-order valence-corrected chi connectivity index (χ4v) is 3.02. The molecule has 1 saturated heterocycles. The van der Waals surface area contributed by atoms with Gasteiger partial charge in [-0.2, -0.15) is 0 Å². The van der Waals surface area contributed by atoms with Gasteiger partial charge in [-0.15, -0.1) is 0 Å². The molecule has 3 rings (SSSR count). The van der Waals surface area contributed by atoms with Crippen molar-refractivity contribution in [2.24, 2.45) is 0 Å². The number of hydrogen-bond acceptors (Lipinski definition) is 3. The summed E-state index contributed by atoms with van der Waals surface area (Å²) in [6.07, 6.45) is 3.59. The first-order valence-corrected chi connectivity index (χ1v) is 7.59. The van der Waals surface area contributed by atoms with E-state index in [0.717, 1.165) is 25.6 Å². The highest BCUT2D eigenvalue weighted by molar-refractivity contribution is 6.43. The normalized spacial score (nSPS) is 23.0. The summed E-state index contributed by atoms with van der Waals surface area (Å²) in [6.45, 7) is 2.01. The zero-order chi connectivity index (χ0) is 14.3. The smallest absolute Gasteiger partial charge is 0.251 e. The average Bonchev–Trinajstić information content (AvgIpc) is 3.16. The number of amides is 1. The summed E-state index contributed by atoms with van der Waals surface area (Å²) in [6, 6.07) is 4.08. The lowest BCUT2D eigenvalue weighted by Gasteiger charge is -2.16. The molecule has 4 nitrogen and oxygen atoms in total. The highest BCUT2D eigenvalue weighted by atomic mass is 35.5. The van der Waals surface area contributed by atoms with E-state index in [2.05, 4.69) is 10.2 Å². The lowest BCUT2D eigenvalue weighted by molar-refractivity contribution is 0.0937. The van der Waals surface area contributed by atoms with Crippen molar-refractivity contribution in [1.29, 1.82) is 0 Å². The zero-order valence-electron chi connectivity index (χ0n) is 11.0. The number of likely N-dealkylation sites (tertiary alicyclic amines) is 1. The molecular weight excluding hydrogens is 297 g/mol. The van der Waals surface area contributed by atoms with E-state index in [9.17, 15) is 4.79 Å². The van der Waals surface area contributed by atoms with Crippen LogP contribution in [-0.2, 0) is 0 Å². The molecule has 0 spiro atoms. The summed E-state index contributed by atoms with van der Waals surface area (Å²) in [7, 11) is 0. The summed E-state index contributed by atoms with van der Waals surface area (Å²) in [5.74, 6) is -0.141. The molecule has 1 saturated carbocycles. The number of benzene rings is 1. The number of nitrogens with two attached hydrogens (primary N) is 1. The van der Waals surface area contributed by atoms with Crippen molar-refractivity contribution in [2.75, 3.05) is 18.8 Å². The maximum Gasteiger partial charge on any atom is 0.251 e. The zero-order valence-corrected chi connectivity index (χ0v) is 12.5. The number of nitrogen functional groups attached to an aromatic ring is 1. The van der Waals surface area contributed by atoms with Gasteiger partial charge in [0.1, 0.15) is 0 Å². The van der Waals surface area contributed by atoms with Crippen LogP contribution in [0, 0.1) is 0 Å². The standard InChI is InChI=1S/C14H17Cl2N3O/c15-11-5-8(6-12(17)13(11)16)14(20)18-9-3-4-19(7-9)10-1-2-10/h5-6,9-10H,1-4,7,17H2,(H,18,20). The second-order valence-electron chi connectivity index (χ2n) is 5.55. The fraction of sp³-hybridized carbons (Fsp3) is 0.500. The topological polar surface area (TPSA) is 58.4 Å². The highest BCUT2D eigenvalue weighted by Gasteiger charge is 2.34. The van der Waals surface area contributed by atoms with E-state index in [1.807, 2.05) is 0 Å². The Bertz CT molecular complexity index is 522. The van der Waals surface area contributed by atoms with Crippen LogP contribution in [0.4, 0.5) is 5.69 Å². The Morgan fingerprint density at radius 1 is 1.30 bits per heavy atom. The van der Waals surface area contributed by atoms with Crippen molar-refractivity contribution in [1.82, 2.24) is 10.2 Å². The molecule has 1 amide bonds. The lowest BCUT2D eigenvalue weighted by atomic mass is 10.1. The van der Waals surface area contributed by atoms with Gasteiger partial charge in [0.2, 0.25) is 0 Å². The second-order valence-corrected chi connectivity index (χ2v) is 6.33. The van der Waals surface area contributed by atoms with Gasteiger partial charge in [-0.3, -0.25) is 9.69 Å². The Hall–Kier alpha value is -0.970. The first kappa shape index (κ1) is 14.0. The summed E-state index contributed by atoms with van der Waals surface area (Å²) >= 11 is 11.8. The number of rotatable bonds is 3. The number of nitrogens with zero attached hydrogens (tertiary/aromatic N) is 1. The number of halogens is 2. The highest BCUT2D eigenvalue weighted by Crippen LogP contribution is 2.31. The van der Waals surface area contributed by atoms with Gasteiger partial charge in [0, 0.05) is 30.7 Å². The van der Waals surface area contributed by atoms with E-state index < -0.39 is 0 Å². The van der Waals surface area contributed by atoms with Crippen LogP contribution in [-0.4, -0.2) is 36.0 Å². The molecule has 1 aliphatic carbocycles. The SMILES string of the molecule is Nc1cc(C(=O)NC2CCN(C3CC3)C2)cc(Cl)c1Cl. The van der Waals surface area contributed by atoms with E-state index in [4.69, 9.17) is 28.9 Å². The van der Waals surface area contributed by atoms with Crippen LogP contribution in [0.5, 0.6) is 0 Å². The molecule has 1 atom stereocenters. The number of carbonyl (C=O) groups excluding carboxylic acids is 1. The van der Waals surface area contributed by atoms with E-state index in [-0.39, 0.29) is 11.9 Å². The largest absolute Gasteiger partial charge is 0.397 e. The molecule has 0 radical (unpaired) electrons. The van der Waals surface area contributed by atoms with Gasteiger partial charge in [-0.1, -0.05) is 23.2 Å².